The van der Waals surface area contributed by atoms with E-state index in [0.717, 1.165) is 38.6 Å². The van der Waals surface area contributed by atoms with Crippen LogP contribution in [0.3, 0.4) is 0 Å². The Hall–Kier alpha value is -0.610. The Morgan fingerprint density at radius 1 is 1.33 bits per heavy atom. The van der Waals surface area contributed by atoms with Gasteiger partial charge in [-0.25, -0.2) is 0 Å². The number of aliphatic hydroxyl groups is 1. The topological polar surface area (TPSA) is 75.4 Å². The Kier molecular flexibility index (Phi) is 5.65. The molecular weight excluding hydrogens is 192 g/mol. The van der Waals surface area contributed by atoms with Gasteiger partial charge in [0.15, 0.2) is 0 Å². The fraction of sp³-hybridized carbons (Fsp3) is 0.909. The number of primary amides is 1. The second-order valence-corrected chi connectivity index (χ2v) is 4.34. The Bertz CT molecular complexity index is 197. The highest BCUT2D eigenvalue weighted by Crippen LogP contribution is 2.18. The molecule has 2 unspecified atom stereocenters. The van der Waals surface area contributed by atoms with Gasteiger partial charge < -0.3 is 16.2 Å². The molecule has 0 heterocycles. The van der Waals surface area contributed by atoms with E-state index in [1.807, 2.05) is 0 Å². The quantitative estimate of drug-likeness (QED) is 0.565. The number of carbonyl (C=O) groups excluding carboxylic acids is 1. The third-order valence-corrected chi connectivity index (χ3v) is 2.99. The molecule has 0 radical (unpaired) electrons. The number of nitrogens with two attached hydrogens (primary N) is 1. The first-order chi connectivity index (χ1) is 7.20. The van der Waals surface area contributed by atoms with Crippen molar-refractivity contribution in [3.8, 4) is 0 Å². The number of amides is 1. The molecule has 4 nitrogen and oxygen atoms in total. The molecular formula is C11H22N2O2. The van der Waals surface area contributed by atoms with Crippen LogP contribution in [-0.4, -0.2) is 29.7 Å². The van der Waals surface area contributed by atoms with Gasteiger partial charge in [0, 0.05) is 12.5 Å². The molecule has 0 aromatic heterocycles. The standard InChI is InChI=1S/C11H22N2O2/c12-11(15)7-3-4-8-13-9-5-1-2-6-10(9)14/h9-10,13-14H,1-8H2,(H2,12,15). The first-order valence-corrected chi connectivity index (χ1v) is 5.90. The predicted octanol–water partition coefficient (Wildman–Crippen LogP) is 0.535. The number of rotatable bonds is 6. The zero-order chi connectivity index (χ0) is 11.1. The van der Waals surface area contributed by atoms with Crippen LogP contribution < -0.4 is 11.1 Å². The van der Waals surface area contributed by atoms with E-state index in [1.165, 1.54) is 6.42 Å². The van der Waals surface area contributed by atoms with Crippen LogP contribution in [-0.2, 0) is 4.79 Å². The minimum Gasteiger partial charge on any atom is -0.392 e. The minimum absolute atomic E-state index is 0.185. The molecule has 1 saturated carbocycles. The lowest BCUT2D eigenvalue weighted by Crippen LogP contribution is -2.42. The van der Waals surface area contributed by atoms with Crippen molar-refractivity contribution in [3.05, 3.63) is 0 Å². The van der Waals surface area contributed by atoms with Crippen LogP contribution in [0.15, 0.2) is 0 Å². The molecule has 4 heteroatoms. The monoisotopic (exact) mass is 214 g/mol. The lowest BCUT2D eigenvalue weighted by molar-refractivity contribution is -0.118. The van der Waals surface area contributed by atoms with Crippen molar-refractivity contribution >= 4 is 5.91 Å². The summed E-state index contributed by atoms with van der Waals surface area (Å²) in [6, 6.07) is 0.257. The summed E-state index contributed by atoms with van der Waals surface area (Å²) in [5.41, 5.74) is 5.04. The fourth-order valence-electron chi connectivity index (χ4n) is 2.06. The third kappa shape index (κ3) is 5.14. The number of hydrogen-bond acceptors (Lipinski definition) is 3. The van der Waals surface area contributed by atoms with E-state index in [-0.39, 0.29) is 18.1 Å². The lowest BCUT2D eigenvalue weighted by Gasteiger charge is -2.28. The molecule has 15 heavy (non-hydrogen) atoms. The average molecular weight is 214 g/mol. The molecule has 2 atom stereocenters. The molecule has 0 saturated heterocycles. The fourth-order valence-corrected chi connectivity index (χ4v) is 2.06. The lowest BCUT2D eigenvalue weighted by atomic mass is 9.92. The molecule has 1 fully saturated rings. The highest BCUT2D eigenvalue weighted by molar-refractivity contribution is 5.73. The van der Waals surface area contributed by atoms with E-state index >= 15 is 0 Å². The predicted molar refractivity (Wildman–Crippen MR) is 59.3 cm³/mol. The van der Waals surface area contributed by atoms with Gasteiger partial charge in [-0.3, -0.25) is 4.79 Å². The maximum atomic E-state index is 10.5. The Morgan fingerprint density at radius 3 is 2.73 bits per heavy atom. The van der Waals surface area contributed by atoms with E-state index < -0.39 is 0 Å². The zero-order valence-electron chi connectivity index (χ0n) is 9.24. The maximum Gasteiger partial charge on any atom is 0.217 e. The van der Waals surface area contributed by atoms with Gasteiger partial charge in [-0.05, 0) is 32.2 Å². The second-order valence-electron chi connectivity index (χ2n) is 4.34. The molecule has 0 aliphatic heterocycles. The molecule has 1 rings (SSSR count). The first-order valence-electron chi connectivity index (χ1n) is 5.90. The summed E-state index contributed by atoms with van der Waals surface area (Å²) in [4.78, 5) is 10.5. The normalized spacial score (nSPS) is 26.5. The summed E-state index contributed by atoms with van der Waals surface area (Å²) >= 11 is 0. The molecule has 0 aromatic rings. The van der Waals surface area contributed by atoms with Crippen LogP contribution in [0.5, 0.6) is 0 Å². The van der Waals surface area contributed by atoms with E-state index in [9.17, 15) is 9.90 Å². The van der Waals surface area contributed by atoms with Crippen molar-refractivity contribution in [3.63, 3.8) is 0 Å². The number of hydrogen-bond donors (Lipinski definition) is 3. The largest absolute Gasteiger partial charge is 0.392 e. The molecule has 4 N–H and O–H groups in total. The molecule has 1 aliphatic rings. The van der Waals surface area contributed by atoms with Crippen LogP contribution in [0.2, 0.25) is 0 Å². The highest BCUT2D eigenvalue weighted by Gasteiger charge is 2.21. The summed E-state index contributed by atoms with van der Waals surface area (Å²) in [6.07, 6.45) is 6.40. The molecule has 0 spiro atoms. The summed E-state index contributed by atoms with van der Waals surface area (Å²) in [6.45, 7) is 0.870. The van der Waals surface area contributed by atoms with Gasteiger partial charge in [0.1, 0.15) is 0 Å². The Balaban J connectivity index is 2.01. The average Bonchev–Trinajstić information content (AvgIpc) is 2.20. The van der Waals surface area contributed by atoms with Crippen molar-refractivity contribution in [1.82, 2.24) is 5.32 Å². The Labute approximate surface area is 91.2 Å². The number of carbonyl (C=O) groups is 1. The van der Waals surface area contributed by atoms with Crippen molar-refractivity contribution in [2.24, 2.45) is 5.73 Å². The van der Waals surface area contributed by atoms with Crippen LogP contribution in [0.4, 0.5) is 0 Å². The number of nitrogens with one attached hydrogen (secondary N) is 1. The summed E-state index contributed by atoms with van der Waals surface area (Å²) in [7, 11) is 0. The first kappa shape index (κ1) is 12.5. The van der Waals surface area contributed by atoms with Gasteiger partial charge >= 0.3 is 0 Å². The van der Waals surface area contributed by atoms with Crippen molar-refractivity contribution in [2.75, 3.05) is 6.54 Å². The van der Waals surface area contributed by atoms with Crippen molar-refractivity contribution in [2.45, 2.75) is 57.1 Å². The Morgan fingerprint density at radius 2 is 2.07 bits per heavy atom. The van der Waals surface area contributed by atoms with Crippen LogP contribution in [0.1, 0.15) is 44.9 Å². The van der Waals surface area contributed by atoms with Gasteiger partial charge in [0.2, 0.25) is 5.91 Å². The summed E-state index contributed by atoms with van der Waals surface area (Å²) in [5.74, 6) is -0.229. The zero-order valence-corrected chi connectivity index (χ0v) is 9.24. The number of aliphatic hydroxyl groups excluding tert-OH is 1. The molecule has 88 valence electrons. The molecule has 1 amide bonds. The minimum atomic E-state index is -0.229. The smallest absolute Gasteiger partial charge is 0.217 e. The van der Waals surface area contributed by atoms with Crippen molar-refractivity contribution < 1.29 is 9.90 Å². The van der Waals surface area contributed by atoms with Crippen molar-refractivity contribution in [1.29, 1.82) is 0 Å². The van der Waals surface area contributed by atoms with E-state index in [4.69, 9.17) is 5.73 Å². The van der Waals surface area contributed by atoms with Crippen LogP contribution >= 0.6 is 0 Å². The van der Waals surface area contributed by atoms with Gasteiger partial charge in [-0.2, -0.15) is 0 Å². The maximum absolute atomic E-state index is 10.5. The van der Waals surface area contributed by atoms with E-state index in [2.05, 4.69) is 5.32 Å². The molecule has 0 bridgehead atoms. The van der Waals surface area contributed by atoms with Gasteiger partial charge in [0.05, 0.1) is 6.10 Å². The van der Waals surface area contributed by atoms with E-state index in [1.54, 1.807) is 0 Å². The third-order valence-electron chi connectivity index (χ3n) is 2.99. The van der Waals surface area contributed by atoms with Gasteiger partial charge in [0.25, 0.3) is 0 Å². The SMILES string of the molecule is NC(=O)CCCCNC1CCCCC1O. The van der Waals surface area contributed by atoms with Crippen LogP contribution in [0, 0.1) is 0 Å². The van der Waals surface area contributed by atoms with E-state index in [0.29, 0.717) is 6.42 Å². The molecule has 0 aromatic carbocycles. The van der Waals surface area contributed by atoms with Crippen LogP contribution in [0.25, 0.3) is 0 Å². The highest BCUT2D eigenvalue weighted by atomic mass is 16.3. The summed E-state index contributed by atoms with van der Waals surface area (Å²) < 4.78 is 0. The molecule has 1 aliphatic carbocycles. The number of unbranched alkanes of at least 4 members (excludes halogenated alkanes) is 1. The van der Waals surface area contributed by atoms with Gasteiger partial charge in [-0.15, -0.1) is 0 Å². The second kappa shape index (κ2) is 6.80. The van der Waals surface area contributed by atoms with Gasteiger partial charge in [-0.1, -0.05) is 12.8 Å². The summed E-state index contributed by atoms with van der Waals surface area (Å²) in [5, 5.41) is 13.0.